The Kier molecular flexibility index (Phi) is 40.8. The van der Waals surface area contributed by atoms with Gasteiger partial charge in [-0.1, -0.05) is 297 Å². The molecule has 12 heteroatoms. The van der Waals surface area contributed by atoms with Crippen LogP contribution in [0.25, 0.3) is 35.7 Å². The fourth-order valence-corrected chi connectivity index (χ4v) is 10.4. The maximum absolute atomic E-state index is 12.5. The van der Waals surface area contributed by atoms with Crippen LogP contribution >= 0.6 is 0 Å². The molecule has 4 aromatic rings. The van der Waals surface area contributed by atoms with Gasteiger partial charge < -0.3 is 34.7 Å². The first-order valence-corrected chi connectivity index (χ1v) is 35.6. The smallest absolute Gasteiger partial charge is 0.321 e. The fraction of sp³-hybridized carbons (Fsp3) is 0.658. The number of nitrogens with two attached hydrogens (primary N) is 1. The van der Waals surface area contributed by atoms with Crippen LogP contribution in [0, 0.1) is 11.8 Å². The van der Waals surface area contributed by atoms with Gasteiger partial charge in [0.15, 0.2) is 17.3 Å². The van der Waals surface area contributed by atoms with Crippen molar-refractivity contribution in [2.45, 2.75) is 274 Å². The molecule has 12 nitrogen and oxygen atoms in total. The first-order chi connectivity index (χ1) is 43.1. The summed E-state index contributed by atoms with van der Waals surface area (Å²) < 4.78 is 33.9. The number of benzene rings is 3. The molecule has 3 aromatic carbocycles. The Morgan fingerprint density at radius 2 is 0.841 bits per heavy atom. The third-order valence-corrected chi connectivity index (χ3v) is 16.7. The van der Waals surface area contributed by atoms with Crippen LogP contribution in [0.5, 0.6) is 28.7 Å². The molecule has 492 valence electrons. The zero-order valence-electron chi connectivity index (χ0n) is 56.7. The van der Waals surface area contributed by atoms with Gasteiger partial charge in [0.1, 0.15) is 11.5 Å². The Morgan fingerprint density at radius 1 is 0.443 bits per heavy atom. The summed E-state index contributed by atoms with van der Waals surface area (Å²) in [4.78, 5) is 25.5. The quantitative estimate of drug-likeness (QED) is 0.0288. The highest BCUT2D eigenvalue weighted by molar-refractivity contribution is 5.87. The summed E-state index contributed by atoms with van der Waals surface area (Å²) in [5, 5.41) is 5.51. The highest BCUT2D eigenvalue weighted by Gasteiger charge is 2.18. The van der Waals surface area contributed by atoms with Gasteiger partial charge in [0.05, 0.1) is 33.0 Å². The topological polar surface area (TPSA) is 152 Å². The molecule has 0 spiro atoms. The van der Waals surface area contributed by atoms with Crippen molar-refractivity contribution in [3.05, 3.63) is 70.8 Å². The molecule has 0 bridgehead atoms. The third kappa shape index (κ3) is 32.6. The summed E-state index contributed by atoms with van der Waals surface area (Å²) in [5.41, 5.74) is 10.6. The Hall–Kier alpha value is -5.78. The lowest BCUT2D eigenvalue weighted by Gasteiger charge is -2.19. The van der Waals surface area contributed by atoms with Crippen molar-refractivity contribution in [2.24, 2.45) is 11.8 Å². The monoisotopic (exact) mass is 1210 g/mol. The van der Waals surface area contributed by atoms with Crippen molar-refractivity contribution in [1.82, 2.24) is 20.3 Å². The first kappa shape index (κ1) is 74.7. The van der Waals surface area contributed by atoms with Gasteiger partial charge in [-0.05, 0) is 72.9 Å². The average Bonchev–Trinajstić information content (AvgIpc) is 3.72. The van der Waals surface area contributed by atoms with Crippen molar-refractivity contribution < 1.29 is 28.5 Å². The van der Waals surface area contributed by atoms with Crippen LogP contribution in [-0.2, 0) is 0 Å². The lowest BCUT2D eigenvalue weighted by molar-refractivity contribution is 0.234. The molecule has 0 unspecified atom stereocenters. The summed E-state index contributed by atoms with van der Waals surface area (Å²) in [7, 11) is 0. The van der Waals surface area contributed by atoms with Gasteiger partial charge in [0, 0.05) is 23.2 Å². The minimum Gasteiger partial charge on any atom is -0.493 e. The Morgan fingerprint density at radius 3 is 1.26 bits per heavy atom. The molecule has 0 aliphatic heterocycles. The van der Waals surface area contributed by atoms with Gasteiger partial charge >= 0.3 is 6.03 Å². The summed E-state index contributed by atoms with van der Waals surface area (Å²) in [6.07, 6.45) is 50.6. The molecule has 1 aromatic heterocycles. The lowest BCUT2D eigenvalue weighted by atomic mass is 10.0. The molecule has 0 saturated carbocycles. The maximum Gasteiger partial charge on any atom is 0.321 e. The van der Waals surface area contributed by atoms with Gasteiger partial charge in [0.25, 0.3) is 0 Å². The number of hydrogen-bond acceptors (Lipinski definition) is 10. The fourth-order valence-electron chi connectivity index (χ4n) is 10.4. The molecule has 0 saturated heterocycles. The number of nitrogens with zero attached hydrogens (tertiary/aromatic N) is 3. The van der Waals surface area contributed by atoms with Crippen molar-refractivity contribution in [3.63, 3.8) is 0 Å². The molecule has 88 heavy (non-hydrogen) atoms. The first-order valence-electron chi connectivity index (χ1n) is 35.6. The molecule has 0 radical (unpaired) electrons. The molecule has 0 fully saturated rings. The normalized spacial score (nSPS) is 12.2. The third-order valence-electron chi connectivity index (χ3n) is 16.7. The van der Waals surface area contributed by atoms with E-state index in [1.807, 2.05) is 24.3 Å². The summed E-state index contributed by atoms with van der Waals surface area (Å²) in [6.45, 7) is 21.4. The number of nitrogen functional groups attached to an aromatic ring is 1. The Bertz CT molecular complexity index is 2450. The van der Waals surface area contributed by atoms with Crippen LogP contribution in [-0.4, -0.2) is 60.6 Å². The van der Waals surface area contributed by atoms with E-state index in [2.05, 4.69) is 130 Å². The van der Waals surface area contributed by atoms with E-state index >= 15 is 0 Å². The van der Waals surface area contributed by atoms with Gasteiger partial charge in [-0.15, -0.1) is 0 Å². The van der Waals surface area contributed by atoms with E-state index in [9.17, 15) is 4.79 Å². The van der Waals surface area contributed by atoms with Crippen LogP contribution < -0.4 is 40.1 Å². The minimum atomic E-state index is -0.386. The zero-order chi connectivity index (χ0) is 63.1. The molecule has 2 atom stereocenters. The predicted molar refractivity (Wildman–Crippen MR) is 374 cm³/mol. The van der Waals surface area contributed by atoms with E-state index in [1.54, 1.807) is 0 Å². The number of hydrogen-bond donors (Lipinski definition) is 3. The summed E-state index contributed by atoms with van der Waals surface area (Å²) in [5.74, 6) is 5.01. The summed E-state index contributed by atoms with van der Waals surface area (Å²) in [6, 6.07) is 16.0. The lowest BCUT2D eigenvalue weighted by Crippen LogP contribution is -2.30. The second-order valence-corrected chi connectivity index (χ2v) is 24.9. The molecule has 4 rings (SSSR count). The van der Waals surface area contributed by atoms with Gasteiger partial charge in [-0.25, -0.2) is 4.79 Å². The van der Waals surface area contributed by atoms with E-state index in [1.165, 1.54) is 154 Å². The highest BCUT2D eigenvalue weighted by atomic mass is 16.5. The summed E-state index contributed by atoms with van der Waals surface area (Å²) >= 11 is 0. The molecule has 0 aliphatic carbocycles. The van der Waals surface area contributed by atoms with Gasteiger partial charge in [-0.3, -0.25) is 5.32 Å². The number of carbonyl (C=O) groups excluding carboxylic acids is 1. The molecule has 1 heterocycles. The molecular weight excluding hydrogens is 1090 g/mol. The second kappa shape index (κ2) is 48.1. The van der Waals surface area contributed by atoms with E-state index in [4.69, 9.17) is 29.4 Å². The Labute approximate surface area is 535 Å². The SMILES string of the molecule is CCCCCCCCCCCCOc1cc(/C=C/c2cc(OC[C@@H](C)CC)c(/C=C/c3ccc(-c4nc(N)nc(NC(=O)NCCCC)n4)cc3)cc2OC[C@@H](C)CC)cc(OCCCCCCCCCCCC)c1OCCCCCCCCCCCC. The molecular formula is C76H122N6O6. The average molecular weight is 1220 g/mol. The van der Waals surface area contributed by atoms with Crippen molar-refractivity contribution in [3.8, 4) is 40.1 Å². The standard InChI is InChI=1S/C76H122N6O6/c1-9-15-19-22-25-28-31-34-37-40-52-84-70-55-64(56-71(85-53-41-38-35-32-29-26-23-20-16-10-2)72(70)86-54-42-39-36-33-30-27-24-21-17-11-3)46-50-67-58-68(87-59-61(7)13-5)66(57-69(67)88-60-62(8)14-6)49-45-63-43-47-65(48-44-63)73-79-74(77)81-75(80-73)82-76(83)78-51-18-12-4/h43-50,55-58,61-62H,9-42,51-54,59-60H2,1-8H3,(H4,77,78,79,80,81,82,83)/b49-45+,50-46+/t61-,62-/m0/s1. The van der Waals surface area contributed by atoms with Crippen LogP contribution in [0.4, 0.5) is 16.7 Å². The number of urea groups is 1. The number of ether oxygens (including phenoxy) is 5. The number of rotatable bonds is 53. The van der Waals surface area contributed by atoms with E-state index in [0.29, 0.717) is 57.2 Å². The molecule has 2 amide bonds. The van der Waals surface area contributed by atoms with Crippen LogP contribution in [0.1, 0.15) is 296 Å². The number of nitrogens with one attached hydrogen (secondary N) is 2. The number of unbranched alkanes of at least 4 members (excludes halogenated alkanes) is 28. The number of aromatic nitrogens is 3. The second-order valence-electron chi connectivity index (χ2n) is 24.9. The maximum atomic E-state index is 12.5. The van der Waals surface area contributed by atoms with Crippen molar-refractivity contribution in [1.29, 1.82) is 0 Å². The zero-order valence-corrected chi connectivity index (χ0v) is 56.7. The van der Waals surface area contributed by atoms with Crippen LogP contribution in [0.15, 0.2) is 48.5 Å². The van der Waals surface area contributed by atoms with Crippen molar-refractivity contribution >= 4 is 42.2 Å². The Balaban J connectivity index is 1.67. The number of carbonyl (C=O) groups is 1. The largest absolute Gasteiger partial charge is 0.493 e. The van der Waals surface area contributed by atoms with E-state index < -0.39 is 0 Å². The minimum absolute atomic E-state index is 0.0204. The number of amides is 2. The van der Waals surface area contributed by atoms with Crippen LogP contribution in [0.3, 0.4) is 0 Å². The highest BCUT2D eigenvalue weighted by Crippen LogP contribution is 2.41. The van der Waals surface area contributed by atoms with Gasteiger partial charge in [-0.2, -0.15) is 15.0 Å². The van der Waals surface area contributed by atoms with E-state index in [0.717, 1.165) is 121 Å². The van der Waals surface area contributed by atoms with E-state index in [-0.39, 0.29) is 17.9 Å². The molecule has 4 N–H and O–H groups in total. The van der Waals surface area contributed by atoms with Crippen molar-refractivity contribution in [2.75, 3.05) is 50.6 Å². The molecule has 0 aliphatic rings. The van der Waals surface area contributed by atoms with Crippen LogP contribution in [0.2, 0.25) is 0 Å². The number of anilines is 2. The predicted octanol–water partition coefficient (Wildman–Crippen LogP) is 22.1. The van der Waals surface area contributed by atoms with Gasteiger partial charge in [0.2, 0.25) is 17.6 Å².